The number of quaternary nitrogens is 1. The first-order valence-corrected chi connectivity index (χ1v) is 10.6. The van der Waals surface area contributed by atoms with Crippen LogP contribution in [-0.2, 0) is 9.59 Å². The maximum absolute atomic E-state index is 12.4. The third kappa shape index (κ3) is 5.65. The smallest absolute Gasteiger partial charge is 0.279 e. The fourth-order valence-electron chi connectivity index (χ4n) is 3.11. The lowest BCUT2D eigenvalue weighted by Crippen LogP contribution is -3.11. The third-order valence-corrected chi connectivity index (χ3v) is 5.38. The molecule has 1 aliphatic rings. The van der Waals surface area contributed by atoms with E-state index in [9.17, 15) is 9.59 Å². The number of thioether (sulfide) groups is 1. The molecule has 7 nitrogen and oxygen atoms in total. The highest BCUT2D eigenvalue weighted by Gasteiger charge is 2.19. The predicted octanol–water partition coefficient (Wildman–Crippen LogP) is 1.47. The Hall–Kier alpha value is -2.71. The van der Waals surface area contributed by atoms with Crippen molar-refractivity contribution < 1.29 is 24.0 Å². The van der Waals surface area contributed by atoms with Crippen LogP contribution >= 0.6 is 11.8 Å². The van der Waals surface area contributed by atoms with E-state index in [1.807, 2.05) is 62.7 Å². The topological polar surface area (TPSA) is 81.1 Å². The molecule has 3 N–H and O–H groups in total. The van der Waals surface area contributed by atoms with Crippen molar-refractivity contribution in [2.45, 2.75) is 17.9 Å². The molecule has 1 unspecified atom stereocenters. The summed E-state index contributed by atoms with van der Waals surface area (Å²) in [6, 6.07) is 13.1. The molecular formula is C21H26N3O4S+. The molecule has 2 aromatic carbocycles. The average molecular weight is 417 g/mol. The fraction of sp³-hybridized carbons (Fsp3) is 0.333. The molecule has 0 fully saturated rings. The zero-order valence-electron chi connectivity index (χ0n) is 16.8. The summed E-state index contributed by atoms with van der Waals surface area (Å²) in [5.74, 6) is 1.16. The van der Waals surface area contributed by atoms with Gasteiger partial charge in [0, 0.05) is 4.90 Å². The van der Waals surface area contributed by atoms with Gasteiger partial charge in [-0.15, -0.1) is 11.8 Å². The molecule has 3 rings (SSSR count). The van der Waals surface area contributed by atoms with Crippen molar-refractivity contribution in [1.29, 1.82) is 0 Å². The molecule has 0 saturated heterocycles. The Labute approximate surface area is 174 Å². The number of hydrogen-bond donors (Lipinski definition) is 3. The highest BCUT2D eigenvalue weighted by atomic mass is 32.2. The van der Waals surface area contributed by atoms with E-state index in [1.54, 1.807) is 11.8 Å². The number of anilines is 1. The van der Waals surface area contributed by atoms with Gasteiger partial charge < -0.3 is 25.0 Å². The van der Waals surface area contributed by atoms with E-state index in [0.717, 1.165) is 21.0 Å². The lowest BCUT2D eigenvalue weighted by Gasteiger charge is -2.18. The number of amides is 2. The summed E-state index contributed by atoms with van der Waals surface area (Å²) in [5.41, 5.74) is 1.73. The van der Waals surface area contributed by atoms with Gasteiger partial charge in [0.15, 0.2) is 24.6 Å². The number of carbonyl (C=O) groups is 2. The monoisotopic (exact) mass is 416 g/mol. The molecule has 0 aromatic heterocycles. The molecule has 2 amide bonds. The molecule has 1 aliphatic heterocycles. The summed E-state index contributed by atoms with van der Waals surface area (Å²) in [4.78, 5) is 26.5. The minimum absolute atomic E-state index is 0.120. The largest absolute Gasteiger partial charge is 0.454 e. The van der Waals surface area contributed by atoms with Gasteiger partial charge in [-0.25, -0.2) is 0 Å². The fourth-order valence-corrected chi connectivity index (χ4v) is 3.66. The quantitative estimate of drug-likeness (QED) is 0.568. The highest BCUT2D eigenvalue weighted by molar-refractivity contribution is 7.98. The maximum Gasteiger partial charge on any atom is 0.279 e. The zero-order valence-corrected chi connectivity index (χ0v) is 17.6. The molecule has 154 valence electrons. The summed E-state index contributed by atoms with van der Waals surface area (Å²) in [6.07, 6.45) is 1.97. The minimum atomic E-state index is -0.174. The number of para-hydroxylation sites is 1. The van der Waals surface area contributed by atoms with Gasteiger partial charge in [-0.1, -0.05) is 18.2 Å². The van der Waals surface area contributed by atoms with E-state index < -0.39 is 0 Å². The van der Waals surface area contributed by atoms with Crippen LogP contribution in [0.5, 0.6) is 11.5 Å². The highest BCUT2D eigenvalue weighted by Crippen LogP contribution is 2.34. The molecule has 8 heteroatoms. The Kier molecular flexibility index (Phi) is 7.00. The Morgan fingerprint density at radius 3 is 2.62 bits per heavy atom. The van der Waals surface area contributed by atoms with Gasteiger partial charge in [0.2, 0.25) is 6.79 Å². The summed E-state index contributed by atoms with van der Waals surface area (Å²) in [6.45, 7) is 2.54. The van der Waals surface area contributed by atoms with Crippen LogP contribution in [0.3, 0.4) is 0 Å². The maximum atomic E-state index is 12.4. The van der Waals surface area contributed by atoms with E-state index >= 15 is 0 Å². The molecule has 0 saturated carbocycles. The van der Waals surface area contributed by atoms with Crippen molar-refractivity contribution in [3.63, 3.8) is 0 Å². The van der Waals surface area contributed by atoms with Crippen LogP contribution in [0.1, 0.15) is 18.5 Å². The molecule has 29 heavy (non-hydrogen) atoms. The van der Waals surface area contributed by atoms with E-state index in [0.29, 0.717) is 11.5 Å². The van der Waals surface area contributed by atoms with Gasteiger partial charge in [0.05, 0.1) is 18.8 Å². The van der Waals surface area contributed by atoms with Gasteiger partial charge in [-0.3, -0.25) is 9.59 Å². The Morgan fingerprint density at radius 1 is 1.10 bits per heavy atom. The van der Waals surface area contributed by atoms with E-state index in [4.69, 9.17) is 9.47 Å². The van der Waals surface area contributed by atoms with Crippen LogP contribution in [0.4, 0.5) is 5.69 Å². The van der Waals surface area contributed by atoms with Crippen molar-refractivity contribution in [2.75, 3.05) is 38.5 Å². The molecule has 0 radical (unpaired) electrons. The van der Waals surface area contributed by atoms with Crippen molar-refractivity contribution in [3.8, 4) is 11.5 Å². The van der Waals surface area contributed by atoms with Crippen LogP contribution in [-0.4, -0.2) is 45.0 Å². The molecule has 0 spiro atoms. The molecule has 2 aromatic rings. The summed E-state index contributed by atoms with van der Waals surface area (Å²) in [5, 5.41) is 5.89. The lowest BCUT2D eigenvalue weighted by molar-refractivity contribution is -0.862. The second-order valence-corrected chi connectivity index (χ2v) is 7.81. The first kappa shape index (κ1) is 21.0. The number of fused-ring (bicyclic) bond motifs is 1. The van der Waals surface area contributed by atoms with Crippen LogP contribution in [0.2, 0.25) is 0 Å². The lowest BCUT2D eigenvalue weighted by atomic mass is 10.1. The van der Waals surface area contributed by atoms with E-state index in [-0.39, 0.29) is 37.7 Å². The Balaban J connectivity index is 1.48. The Bertz CT molecular complexity index is 890. The molecule has 0 bridgehead atoms. The standard InChI is InChI=1S/C21H25N3O4S/c1-14(15-8-9-17-18(10-15)28-13-27-17)22-20(25)11-24(2)12-21(26)23-16-6-4-5-7-19(16)29-3/h4-10,14H,11-13H2,1-3H3,(H,22,25)(H,23,26)/p+1/t14-/m0/s1. The van der Waals surface area contributed by atoms with Crippen LogP contribution in [0.15, 0.2) is 47.4 Å². The number of carbonyl (C=O) groups excluding carboxylic acids is 2. The van der Waals surface area contributed by atoms with Gasteiger partial charge in [0.1, 0.15) is 0 Å². The molecule has 2 atom stereocenters. The first-order chi connectivity index (χ1) is 14.0. The van der Waals surface area contributed by atoms with Gasteiger partial charge in [0.25, 0.3) is 11.8 Å². The van der Waals surface area contributed by atoms with Crippen molar-refractivity contribution in [1.82, 2.24) is 5.32 Å². The van der Waals surface area contributed by atoms with Crippen molar-refractivity contribution in [3.05, 3.63) is 48.0 Å². The third-order valence-electron chi connectivity index (χ3n) is 4.58. The normalized spacial score (nSPS) is 14.2. The number of benzene rings is 2. The molecule has 0 aliphatic carbocycles. The van der Waals surface area contributed by atoms with Crippen LogP contribution in [0, 0.1) is 0 Å². The van der Waals surface area contributed by atoms with Crippen molar-refractivity contribution >= 4 is 29.3 Å². The van der Waals surface area contributed by atoms with E-state index in [1.165, 1.54) is 0 Å². The number of nitrogens with one attached hydrogen (secondary N) is 3. The second-order valence-electron chi connectivity index (χ2n) is 6.96. The number of hydrogen-bond acceptors (Lipinski definition) is 5. The SMILES string of the molecule is CSc1ccccc1NC(=O)C[NH+](C)CC(=O)N[C@@H](C)c1ccc2c(c1)OCO2. The van der Waals surface area contributed by atoms with Gasteiger partial charge in [-0.05, 0) is 43.0 Å². The summed E-state index contributed by atoms with van der Waals surface area (Å²) < 4.78 is 10.7. The zero-order chi connectivity index (χ0) is 20.8. The number of rotatable bonds is 8. The Morgan fingerprint density at radius 2 is 1.83 bits per heavy atom. The summed E-state index contributed by atoms with van der Waals surface area (Å²) >= 11 is 1.58. The number of ether oxygens (including phenoxy) is 2. The van der Waals surface area contributed by atoms with Crippen LogP contribution < -0.4 is 25.0 Å². The minimum Gasteiger partial charge on any atom is -0.454 e. The second kappa shape index (κ2) is 9.67. The number of likely N-dealkylation sites (N-methyl/N-ethyl adjacent to an activating group) is 1. The van der Waals surface area contributed by atoms with Crippen LogP contribution in [0.25, 0.3) is 0 Å². The van der Waals surface area contributed by atoms with Crippen molar-refractivity contribution in [2.24, 2.45) is 0 Å². The summed E-state index contributed by atoms with van der Waals surface area (Å²) in [7, 11) is 1.82. The first-order valence-electron chi connectivity index (χ1n) is 9.39. The average Bonchev–Trinajstić information content (AvgIpc) is 3.15. The molecule has 1 heterocycles. The van der Waals surface area contributed by atoms with Gasteiger partial charge in [-0.2, -0.15) is 0 Å². The predicted molar refractivity (Wildman–Crippen MR) is 113 cm³/mol. The van der Waals surface area contributed by atoms with Gasteiger partial charge >= 0.3 is 0 Å². The molecular weight excluding hydrogens is 390 g/mol. The van der Waals surface area contributed by atoms with E-state index in [2.05, 4.69) is 10.6 Å².